The number of rotatable bonds is 3. The maximum atomic E-state index is 11.7. The lowest BCUT2D eigenvalue weighted by atomic mass is 10.1. The van der Waals surface area contributed by atoms with Gasteiger partial charge in [0.15, 0.2) is 0 Å². The van der Waals surface area contributed by atoms with E-state index in [-0.39, 0.29) is 5.91 Å². The van der Waals surface area contributed by atoms with E-state index in [2.05, 4.69) is 29.1 Å². The molecule has 0 bridgehead atoms. The number of nitrogens with one attached hydrogen (secondary N) is 1. The van der Waals surface area contributed by atoms with Crippen molar-refractivity contribution in [3.05, 3.63) is 40.3 Å². The van der Waals surface area contributed by atoms with Crippen LogP contribution in [0, 0.1) is 0 Å². The van der Waals surface area contributed by atoms with E-state index in [1.807, 2.05) is 11.4 Å². The molecule has 88 valence electrons. The van der Waals surface area contributed by atoms with Crippen LogP contribution in [0.4, 0.5) is 5.95 Å². The van der Waals surface area contributed by atoms with Crippen LogP contribution >= 0.6 is 11.3 Å². The third kappa shape index (κ3) is 2.88. The van der Waals surface area contributed by atoms with Crippen molar-refractivity contribution >= 4 is 23.2 Å². The van der Waals surface area contributed by atoms with Crippen LogP contribution in [-0.4, -0.2) is 15.9 Å². The summed E-state index contributed by atoms with van der Waals surface area (Å²) < 4.78 is 0. The molecule has 0 aliphatic heterocycles. The number of carbonyl (C=O) groups excluding carboxylic acids is 1. The molecule has 1 amide bonds. The van der Waals surface area contributed by atoms with Gasteiger partial charge in [-0.15, -0.1) is 11.3 Å². The molecule has 0 aliphatic rings. The highest BCUT2D eigenvalue weighted by atomic mass is 32.1. The fraction of sp³-hybridized carbons (Fsp3) is 0.250. The van der Waals surface area contributed by atoms with Crippen molar-refractivity contribution in [3.63, 3.8) is 0 Å². The molecule has 0 unspecified atom stereocenters. The van der Waals surface area contributed by atoms with Crippen LogP contribution in [-0.2, 0) is 0 Å². The molecule has 2 aromatic rings. The Bertz CT molecular complexity index is 491. The van der Waals surface area contributed by atoms with Crippen molar-refractivity contribution in [2.75, 3.05) is 5.32 Å². The second kappa shape index (κ2) is 5.05. The predicted octanol–water partition coefficient (Wildman–Crippen LogP) is 2.91. The van der Waals surface area contributed by atoms with E-state index in [1.54, 1.807) is 18.5 Å². The summed E-state index contributed by atoms with van der Waals surface area (Å²) in [7, 11) is 0. The lowest BCUT2D eigenvalue weighted by molar-refractivity contribution is 0.102. The number of aromatic nitrogens is 2. The molecule has 0 aromatic carbocycles. The summed E-state index contributed by atoms with van der Waals surface area (Å²) >= 11 is 1.39. The molecule has 0 radical (unpaired) electrons. The van der Waals surface area contributed by atoms with Gasteiger partial charge in [0, 0.05) is 12.4 Å². The van der Waals surface area contributed by atoms with E-state index in [9.17, 15) is 4.79 Å². The second-order valence-electron chi connectivity index (χ2n) is 3.93. The largest absolute Gasteiger partial charge is 0.290 e. The Labute approximate surface area is 104 Å². The highest BCUT2D eigenvalue weighted by molar-refractivity contribution is 7.12. The number of anilines is 1. The fourth-order valence-corrected chi connectivity index (χ4v) is 1.89. The van der Waals surface area contributed by atoms with E-state index >= 15 is 0 Å². The van der Waals surface area contributed by atoms with Gasteiger partial charge in [-0.3, -0.25) is 10.1 Å². The molecule has 0 aliphatic carbocycles. The average Bonchev–Trinajstić information content (AvgIpc) is 2.83. The average molecular weight is 247 g/mol. The van der Waals surface area contributed by atoms with Crippen LogP contribution in [0.3, 0.4) is 0 Å². The number of thiophene rings is 1. The van der Waals surface area contributed by atoms with Crippen molar-refractivity contribution in [3.8, 4) is 0 Å². The van der Waals surface area contributed by atoms with Crippen LogP contribution in [0.5, 0.6) is 0 Å². The zero-order valence-electron chi connectivity index (χ0n) is 9.68. The Balaban J connectivity index is 2.07. The molecule has 0 spiro atoms. The Kier molecular flexibility index (Phi) is 3.49. The molecule has 0 saturated heterocycles. The molecular formula is C12H13N3OS. The zero-order valence-corrected chi connectivity index (χ0v) is 10.5. The van der Waals surface area contributed by atoms with E-state index in [1.165, 1.54) is 11.3 Å². The van der Waals surface area contributed by atoms with Crippen molar-refractivity contribution in [1.82, 2.24) is 9.97 Å². The van der Waals surface area contributed by atoms with Gasteiger partial charge in [-0.2, -0.15) is 0 Å². The highest BCUT2D eigenvalue weighted by Gasteiger charge is 2.08. The van der Waals surface area contributed by atoms with Gasteiger partial charge in [-0.1, -0.05) is 19.9 Å². The standard InChI is InChI=1S/C12H13N3OS/c1-8(2)9-6-13-12(14-7-9)15-11(16)10-4-3-5-17-10/h3-8H,1-2H3,(H,13,14,15,16). The zero-order chi connectivity index (χ0) is 12.3. The summed E-state index contributed by atoms with van der Waals surface area (Å²) in [5.41, 5.74) is 1.05. The van der Waals surface area contributed by atoms with Gasteiger partial charge in [0.1, 0.15) is 0 Å². The molecule has 5 heteroatoms. The van der Waals surface area contributed by atoms with Gasteiger partial charge in [-0.25, -0.2) is 9.97 Å². The minimum absolute atomic E-state index is 0.169. The normalized spacial score (nSPS) is 10.5. The Morgan fingerprint density at radius 2 is 2.06 bits per heavy atom. The van der Waals surface area contributed by atoms with Crippen LogP contribution < -0.4 is 5.32 Å². The summed E-state index contributed by atoms with van der Waals surface area (Å²) in [5.74, 6) is 0.558. The molecule has 0 atom stereocenters. The summed E-state index contributed by atoms with van der Waals surface area (Å²) in [6, 6.07) is 3.60. The van der Waals surface area contributed by atoms with Crippen LogP contribution in [0.1, 0.15) is 35.0 Å². The van der Waals surface area contributed by atoms with Crippen LogP contribution in [0.2, 0.25) is 0 Å². The molecule has 0 saturated carbocycles. The number of amides is 1. The van der Waals surface area contributed by atoms with E-state index in [0.717, 1.165) is 5.56 Å². The number of carbonyl (C=O) groups is 1. The van der Waals surface area contributed by atoms with E-state index < -0.39 is 0 Å². The molecule has 4 nitrogen and oxygen atoms in total. The molecule has 2 heterocycles. The quantitative estimate of drug-likeness (QED) is 0.907. The predicted molar refractivity (Wildman–Crippen MR) is 68.4 cm³/mol. The van der Waals surface area contributed by atoms with Crippen molar-refractivity contribution in [1.29, 1.82) is 0 Å². The van der Waals surface area contributed by atoms with Gasteiger partial charge in [0.2, 0.25) is 5.95 Å². The van der Waals surface area contributed by atoms with Gasteiger partial charge in [0.05, 0.1) is 4.88 Å². The van der Waals surface area contributed by atoms with E-state index in [4.69, 9.17) is 0 Å². The number of nitrogens with zero attached hydrogens (tertiary/aromatic N) is 2. The molecule has 0 fully saturated rings. The summed E-state index contributed by atoms with van der Waals surface area (Å²) in [6.07, 6.45) is 3.48. The minimum Gasteiger partial charge on any atom is -0.290 e. The summed E-state index contributed by atoms with van der Waals surface area (Å²) in [5, 5.41) is 4.52. The molecule has 1 N–H and O–H groups in total. The molecular weight excluding hydrogens is 234 g/mol. The minimum atomic E-state index is -0.169. The van der Waals surface area contributed by atoms with Gasteiger partial charge < -0.3 is 0 Å². The maximum absolute atomic E-state index is 11.7. The number of hydrogen-bond acceptors (Lipinski definition) is 4. The second-order valence-corrected chi connectivity index (χ2v) is 4.87. The van der Waals surface area contributed by atoms with Crippen molar-refractivity contribution in [2.45, 2.75) is 19.8 Å². The molecule has 2 aromatic heterocycles. The third-order valence-electron chi connectivity index (χ3n) is 2.31. The topological polar surface area (TPSA) is 54.9 Å². The molecule has 2 rings (SSSR count). The monoisotopic (exact) mass is 247 g/mol. The van der Waals surface area contributed by atoms with Crippen molar-refractivity contribution in [2.24, 2.45) is 0 Å². The Morgan fingerprint density at radius 3 is 2.59 bits per heavy atom. The SMILES string of the molecule is CC(C)c1cnc(NC(=O)c2cccs2)nc1. The first-order valence-electron chi connectivity index (χ1n) is 5.33. The van der Waals surface area contributed by atoms with Gasteiger partial charge in [0.25, 0.3) is 5.91 Å². The number of hydrogen-bond donors (Lipinski definition) is 1. The smallest absolute Gasteiger partial charge is 0.268 e. The Morgan fingerprint density at radius 1 is 1.35 bits per heavy atom. The van der Waals surface area contributed by atoms with Crippen molar-refractivity contribution < 1.29 is 4.79 Å². The third-order valence-corrected chi connectivity index (χ3v) is 3.18. The summed E-state index contributed by atoms with van der Waals surface area (Å²) in [6.45, 7) is 4.14. The van der Waals surface area contributed by atoms with Crippen LogP contribution in [0.25, 0.3) is 0 Å². The summed E-state index contributed by atoms with van der Waals surface area (Å²) in [4.78, 5) is 20.6. The lowest BCUT2D eigenvalue weighted by Crippen LogP contribution is -2.12. The first-order chi connectivity index (χ1) is 8.16. The maximum Gasteiger partial charge on any atom is 0.268 e. The molecule has 17 heavy (non-hydrogen) atoms. The van der Waals surface area contributed by atoms with E-state index in [0.29, 0.717) is 16.7 Å². The van der Waals surface area contributed by atoms with Crippen LogP contribution in [0.15, 0.2) is 29.9 Å². The van der Waals surface area contributed by atoms with Gasteiger partial charge in [-0.05, 0) is 22.9 Å². The highest BCUT2D eigenvalue weighted by Crippen LogP contribution is 2.13. The fourth-order valence-electron chi connectivity index (χ4n) is 1.27. The first kappa shape index (κ1) is 11.7. The Hall–Kier alpha value is -1.75. The first-order valence-corrected chi connectivity index (χ1v) is 6.21. The lowest BCUT2D eigenvalue weighted by Gasteiger charge is -2.05. The van der Waals surface area contributed by atoms with Gasteiger partial charge >= 0.3 is 0 Å².